The Morgan fingerprint density at radius 1 is 1.36 bits per heavy atom. The SMILES string of the molecule is COC(=O)C1CCN(Cn2nc(Nc3ccc(C)cc3)sc2=S)CC1. The summed E-state index contributed by atoms with van der Waals surface area (Å²) >= 11 is 6.91. The molecule has 1 aliphatic heterocycles. The van der Waals surface area contributed by atoms with Gasteiger partial charge >= 0.3 is 5.97 Å². The van der Waals surface area contributed by atoms with Gasteiger partial charge in [-0.2, -0.15) is 0 Å². The summed E-state index contributed by atoms with van der Waals surface area (Å²) in [5.41, 5.74) is 2.22. The second kappa shape index (κ2) is 8.07. The molecule has 1 aliphatic rings. The van der Waals surface area contributed by atoms with Gasteiger partial charge in [0.25, 0.3) is 0 Å². The molecule has 0 aliphatic carbocycles. The minimum atomic E-state index is -0.102. The second-order valence-corrected chi connectivity index (χ2v) is 7.84. The molecular weight excluding hydrogens is 356 g/mol. The fourth-order valence-electron chi connectivity index (χ4n) is 2.87. The van der Waals surface area contributed by atoms with Gasteiger partial charge in [0, 0.05) is 18.8 Å². The number of anilines is 2. The first-order valence-electron chi connectivity index (χ1n) is 8.27. The molecule has 0 amide bonds. The van der Waals surface area contributed by atoms with Crippen molar-refractivity contribution in [1.82, 2.24) is 14.7 Å². The number of rotatable bonds is 5. The summed E-state index contributed by atoms with van der Waals surface area (Å²) in [5, 5.41) is 8.67. The fourth-order valence-corrected chi connectivity index (χ4v) is 3.89. The molecule has 1 fully saturated rings. The summed E-state index contributed by atoms with van der Waals surface area (Å²) in [6, 6.07) is 8.18. The van der Waals surface area contributed by atoms with E-state index in [9.17, 15) is 4.79 Å². The standard InChI is InChI=1S/C17H22N4O2S2/c1-12-3-5-14(6-4-12)18-16-19-21(17(24)25-16)11-20-9-7-13(8-10-20)15(22)23-2/h3-6,13H,7-11H2,1-2H3,(H,18,19). The zero-order valence-electron chi connectivity index (χ0n) is 14.4. The number of aromatic nitrogens is 2. The van der Waals surface area contributed by atoms with Crippen LogP contribution in [0.3, 0.4) is 0 Å². The van der Waals surface area contributed by atoms with E-state index in [4.69, 9.17) is 17.0 Å². The van der Waals surface area contributed by atoms with Crippen LogP contribution in [0.4, 0.5) is 10.8 Å². The summed E-state index contributed by atoms with van der Waals surface area (Å²) in [6.07, 6.45) is 1.64. The van der Waals surface area contributed by atoms with Crippen LogP contribution >= 0.6 is 23.6 Å². The minimum Gasteiger partial charge on any atom is -0.469 e. The quantitative estimate of drug-likeness (QED) is 0.634. The van der Waals surface area contributed by atoms with Gasteiger partial charge in [-0.25, -0.2) is 4.68 Å². The van der Waals surface area contributed by atoms with Crippen LogP contribution in [0.25, 0.3) is 0 Å². The van der Waals surface area contributed by atoms with Gasteiger partial charge in [-0.1, -0.05) is 29.0 Å². The first-order valence-corrected chi connectivity index (χ1v) is 9.49. The third-order valence-corrected chi connectivity index (χ3v) is 5.59. The van der Waals surface area contributed by atoms with Gasteiger partial charge in [-0.3, -0.25) is 9.69 Å². The van der Waals surface area contributed by atoms with E-state index in [1.807, 2.05) is 16.8 Å². The highest BCUT2D eigenvalue weighted by Crippen LogP contribution is 2.22. The maximum atomic E-state index is 11.6. The predicted octanol–water partition coefficient (Wildman–Crippen LogP) is 3.57. The number of piperidine rings is 1. The van der Waals surface area contributed by atoms with Crippen LogP contribution in [0, 0.1) is 16.8 Å². The predicted molar refractivity (Wildman–Crippen MR) is 102 cm³/mol. The molecule has 0 atom stereocenters. The van der Waals surface area contributed by atoms with Gasteiger partial charge in [-0.05, 0) is 44.1 Å². The van der Waals surface area contributed by atoms with Crippen LogP contribution in [0.15, 0.2) is 24.3 Å². The Balaban J connectivity index is 1.59. The van der Waals surface area contributed by atoms with Gasteiger partial charge in [0.15, 0.2) is 3.95 Å². The highest BCUT2D eigenvalue weighted by molar-refractivity contribution is 7.73. The number of benzene rings is 1. The van der Waals surface area contributed by atoms with Gasteiger partial charge < -0.3 is 10.1 Å². The minimum absolute atomic E-state index is 0.0171. The average molecular weight is 379 g/mol. The lowest BCUT2D eigenvalue weighted by molar-refractivity contribution is -0.147. The molecule has 8 heteroatoms. The maximum Gasteiger partial charge on any atom is 0.308 e. The lowest BCUT2D eigenvalue weighted by atomic mass is 9.97. The number of ether oxygens (including phenoxy) is 1. The molecule has 0 unspecified atom stereocenters. The Morgan fingerprint density at radius 2 is 2.04 bits per heavy atom. The highest BCUT2D eigenvalue weighted by atomic mass is 32.1. The van der Waals surface area contributed by atoms with Gasteiger partial charge in [0.05, 0.1) is 19.7 Å². The third kappa shape index (κ3) is 4.65. The normalized spacial score (nSPS) is 15.9. The number of hydrogen-bond acceptors (Lipinski definition) is 7. The molecule has 1 aromatic carbocycles. The summed E-state index contributed by atoms with van der Waals surface area (Å²) < 4.78 is 7.41. The molecule has 2 aromatic rings. The number of hydrogen-bond donors (Lipinski definition) is 1. The Bertz CT molecular complexity index is 777. The molecule has 1 saturated heterocycles. The Kier molecular flexibility index (Phi) is 5.82. The number of nitrogens with zero attached hydrogens (tertiary/aromatic N) is 3. The summed E-state index contributed by atoms with van der Waals surface area (Å²) in [6.45, 7) is 4.41. The van der Waals surface area contributed by atoms with Crippen LogP contribution in [-0.2, 0) is 16.2 Å². The molecule has 134 valence electrons. The molecular formula is C17H22N4O2S2. The van der Waals surface area contributed by atoms with Crippen molar-refractivity contribution in [3.05, 3.63) is 33.8 Å². The van der Waals surface area contributed by atoms with E-state index in [1.54, 1.807) is 0 Å². The summed E-state index contributed by atoms with van der Waals surface area (Å²) in [5.74, 6) is -0.0853. The van der Waals surface area contributed by atoms with E-state index in [0.29, 0.717) is 6.67 Å². The number of carbonyl (C=O) groups is 1. The van der Waals surface area contributed by atoms with E-state index in [-0.39, 0.29) is 11.9 Å². The average Bonchev–Trinajstić information content (AvgIpc) is 2.96. The first kappa shape index (κ1) is 18.0. The van der Waals surface area contributed by atoms with Gasteiger partial charge in [0.1, 0.15) is 0 Å². The second-order valence-electron chi connectivity index (χ2n) is 6.22. The van der Waals surface area contributed by atoms with Gasteiger partial charge in [-0.15, -0.1) is 5.10 Å². The number of likely N-dealkylation sites (tertiary alicyclic amines) is 1. The molecule has 1 aromatic heterocycles. The number of nitrogens with one attached hydrogen (secondary N) is 1. The third-order valence-electron chi connectivity index (χ3n) is 4.37. The zero-order chi connectivity index (χ0) is 17.8. The van der Waals surface area contributed by atoms with Crippen LogP contribution in [-0.4, -0.2) is 40.8 Å². The largest absolute Gasteiger partial charge is 0.469 e. The van der Waals surface area contributed by atoms with Crippen molar-refractivity contribution in [3.8, 4) is 0 Å². The van der Waals surface area contributed by atoms with E-state index < -0.39 is 0 Å². The number of carbonyl (C=O) groups excluding carboxylic acids is 1. The topological polar surface area (TPSA) is 59.4 Å². The van der Waals surface area contributed by atoms with E-state index in [0.717, 1.165) is 40.7 Å². The number of methoxy groups -OCH3 is 1. The van der Waals surface area contributed by atoms with Crippen LogP contribution < -0.4 is 5.32 Å². The van der Waals surface area contributed by atoms with Crippen LogP contribution in [0.5, 0.6) is 0 Å². The summed E-state index contributed by atoms with van der Waals surface area (Å²) in [7, 11) is 1.45. The van der Waals surface area contributed by atoms with Crippen molar-refractivity contribution < 1.29 is 9.53 Å². The summed E-state index contributed by atoms with van der Waals surface area (Å²) in [4.78, 5) is 13.9. The van der Waals surface area contributed by atoms with Crippen molar-refractivity contribution in [1.29, 1.82) is 0 Å². The lowest BCUT2D eigenvalue weighted by Gasteiger charge is -2.30. The molecule has 0 radical (unpaired) electrons. The Morgan fingerprint density at radius 3 is 2.68 bits per heavy atom. The molecule has 1 N–H and O–H groups in total. The van der Waals surface area contributed by atoms with Crippen molar-refractivity contribution >= 4 is 40.3 Å². The lowest BCUT2D eigenvalue weighted by Crippen LogP contribution is -2.38. The molecule has 0 bridgehead atoms. The molecule has 2 heterocycles. The zero-order valence-corrected chi connectivity index (χ0v) is 16.0. The van der Waals surface area contributed by atoms with E-state index >= 15 is 0 Å². The van der Waals surface area contributed by atoms with Crippen LogP contribution in [0.1, 0.15) is 18.4 Å². The monoisotopic (exact) mass is 378 g/mol. The molecule has 3 rings (SSSR count). The molecule has 0 spiro atoms. The fraction of sp³-hybridized carbons (Fsp3) is 0.471. The highest BCUT2D eigenvalue weighted by Gasteiger charge is 2.25. The first-order chi connectivity index (χ1) is 12.0. The Hall–Kier alpha value is -1.77. The molecule has 0 saturated carbocycles. The van der Waals surface area contributed by atoms with E-state index in [1.165, 1.54) is 24.0 Å². The van der Waals surface area contributed by atoms with Gasteiger partial charge in [0.2, 0.25) is 5.13 Å². The maximum absolute atomic E-state index is 11.6. The van der Waals surface area contributed by atoms with E-state index in [2.05, 4.69) is 34.4 Å². The number of esters is 1. The van der Waals surface area contributed by atoms with Crippen molar-refractivity contribution in [2.75, 3.05) is 25.5 Å². The van der Waals surface area contributed by atoms with Crippen molar-refractivity contribution in [3.63, 3.8) is 0 Å². The van der Waals surface area contributed by atoms with Crippen molar-refractivity contribution in [2.45, 2.75) is 26.4 Å². The number of aryl methyl sites for hydroxylation is 1. The molecule has 6 nitrogen and oxygen atoms in total. The molecule has 25 heavy (non-hydrogen) atoms. The Labute approximate surface area is 156 Å². The smallest absolute Gasteiger partial charge is 0.308 e. The van der Waals surface area contributed by atoms with Crippen molar-refractivity contribution in [2.24, 2.45) is 5.92 Å². The van der Waals surface area contributed by atoms with Crippen LogP contribution in [0.2, 0.25) is 0 Å².